The predicted octanol–water partition coefficient (Wildman–Crippen LogP) is 3.04. The Morgan fingerprint density at radius 1 is 1.05 bits per heavy atom. The van der Waals surface area contributed by atoms with Crippen LogP contribution in [0, 0.1) is 13.8 Å². The summed E-state index contributed by atoms with van der Waals surface area (Å²) < 4.78 is 5.57. The molecule has 0 bridgehead atoms. The van der Waals surface area contributed by atoms with Crippen LogP contribution in [-0.2, 0) is 11.2 Å². The van der Waals surface area contributed by atoms with E-state index < -0.39 is 0 Å². The van der Waals surface area contributed by atoms with Gasteiger partial charge in [-0.15, -0.1) is 0 Å². The summed E-state index contributed by atoms with van der Waals surface area (Å²) in [5.74, 6) is 0.852. The Balaban J connectivity index is 1.70. The van der Waals surface area contributed by atoms with Gasteiger partial charge in [0, 0.05) is 0 Å². The van der Waals surface area contributed by atoms with Crippen molar-refractivity contribution in [1.82, 2.24) is 5.32 Å². The molecule has 21 heavy (non-hydrogen) atoms. The highest BCUT2D eigenvalue weighted by molar-refractivity contribution is 5.78. The molecular formula is C18H21NO2. The zero-order chi connectivity index (χ0) is 15.1. The van der Waals surface area contributed by atoms with Crippen LogP contribution in [-0.4, -0.2) is 19.1 Å². The predicted molar refractivity (Wildman–Crippen MR) is 84.6 cm³/mol. The van der Waals surface area contributed by atoms with E-state index in [1.165, 1.54) is 5.56 Å². The fourth-order valence-electron chi connectivity index (χ4n) is 2.04. The normalized spacial score (nSPS) is 10.2. The minimum atomic E-state index is 0.0248. The van der Waals surface area contributed by atoms with Crippen molar-refractivity contribution in [2.75, 3.05) is 13.2 Å². The lowest BCUT2D eigenvalue weighted by Crippen LogP contribution is -2.29. The van der Waals surface area contributed by atoms with E-state index in [0.717, 1.165) is 16.9 Å². The van der Waals surface area contributed by atoms with Gasteiger partial charge in [0.05, 0.1) is 13.0 Å². The molecule has 2 aromatic carbocycles. The Labute approximate surface area is 126 Å². The van der Waals surface area contributed by atoms with Crippen LogP contribution < -0.4 is 10.1 Å². The quantitative estimate of drug-likeness (QED) is 0.828. The first kappa shape index (κ1) is 15.1. The van der Waals surface area contributed by atoms with E-state index in [-0.39, 0.29) is 5.91 Å². The first-order valence-electron chi connectivity index (χ1n) is 7.16. The van der Waals surface area contributed by atoms with Gasteiger partial charge in [-0.25, -0.2) is 0 Å². The van der Waals surface area contributed by atoms with Gasteiger partial charge in [-0.05, 0) is 37.1 Å². The van der Waals surface area contributed by atoms with Crippen molar-refractivity contribution in [2.24, 2.45) is 0 Å². The van der Waals surface area contributed by atoms with Crippen molar-refractivity contribution in [3.8, 4) is 5.75 Å². The van der Waals surface area contributed by atoms with Crippen molar-refractivity contribution >= 4 is 5.91 Å². The number of hydrogen-bond donors (Lipinski definition) is 1. The second-order valence-corrected chi connectivity index (χ2v) is 5.11. The van der Waals surface area contributed by atoms with E-state index in [2.05, 4.69) is 5.32 Å². The monoisotopic (exact) mass is 283 g/mol. The largest absolute Gasteiger partial charge is 0.492 e. The maximum absolute atomic E-state index is 11.9. The van der Waals surface area contributed by atoms with Gasteiger partial charge in [0.25, 0.3) is 0 Å². The van der Waals surface area contributed by atoms with Gasteiger partial charge >= 0.3 is 0 Å². The molecule has 0 unspecified atom stereocenters. The molecular weight excluding hydrogens is 262 g/mol. The molecule has 110 valence electrons. The smallest absolute Gasteiger partial charge is 0.224 e. The Morgan fingerprint density at radius 3 is 2.48 bits per heavy atom. The molecule has 0 spiro atoms. The van der Waals surface area contributed by atoms with E-state index in [1.807, 2.05) is 62.4 Å². The molecule has 0 saturated heterocycles. The average molecular weight is 283 g/mol. The lowest BCUT2D eigenvalue weighted by atomic mass is 10.1. The van der Waals surface area contributed by atoms with Crippen LogP contribution in [0.5, 0.6) is 5.75 Å². The third kappa shape index (κ3) is 4.95. The van der Waals surface area contributed by atoms with Crippen molar-refractivity contribution < 1.29 is 9.53 Å². The van der Waals surface area contributed by atoms with Gasteiger partial charge in [0.15, 0.2) is 0 Å². The molecule has 0 atom stereocenters. The summed E-state index contributed by atoms with van der Waals surface area (Å²) in [5.41, 5.74) is 3.41. The molecule has 1 N–H and O–H groups in total. The van der Waals surface area contributed by atoms with Crippen LogP contribution in [0.25, 0.3) is 0 Å². The number of benzene rings is 2. The highest BCUT2D eigenvalue weighted by Gasteiger charge is 2.04. The molecule has 0 aliphatic carbocycles. The summed E-state index contributed by atoms with van der Waals surface area (Å²) >= 11 is 0. The number of hydrogen-bond acceptors (Lipinski definition) is 2. The van der Waals surface area contributed by atoms with Crippen LogP contribution in [0.2, 0.25) is 0 Å². The second kappa shape index (κ2) is 7.48. The summed E-state index contributed by atoms with van der Waals surface area (Å²) in [6.07, 6.45) is 0.414. The third-order valence-electron chi connectivity index (χ3n) is 3.33. The Bertz CT molecular complexity index is 590. The number of carbonyl (C=O) groups is 1. The van der Waals surface area contributed by atoms with Gasteiger partial charge in [-0.2, -0.15) is 0 Å². The number of nitrogens with one attached hydrogen (secondary N) is 1. The number of carbonyl (C=O) groups excluding carboxylic acids is 1. The first-order valence-corrected chi connectivity index (χ1v) is 7.16. The molecule has 0 aromatic heterocycles. The van der Waals surface area contributed by atoms with Crippen LogP contribution in [0.1, 0.15) is 16.7 Å². The van der Waals surface area contributed by atoms with Gasteiger partial charge in [0.1, 0.15) is 12.4 Å². The van der Waals surface area contributed by atoms with E-state index >= 15 is 0 Å². The van der Waals surface area contributed by atoms with Crippen molar-refractivity contribution in [3.05, 3.63) is 65.2 Å². The minimum absolute atomic E-state index is 0.0248. The van der Waals surface area contributed by atoms with Crippen LogP contribution in [0.15, 0.2) is 48.5 Å². The molecule has 2 rings (SSSR count). The lowest BCUT2D eigenvalue weighted by Gasteiger charge is -2.09. The Morgan fingerprint density at radius 2 is 1.76 bits per heavy atom. The summed E-state index contributed by atoms with van der Waals surface area (Å²) in [6.45, 7) is 5.04. The number of ether oxygens (including phenoxy) is 1. The zero-order valence-corrected chi connectivity index (χ0v) is 12.6. The van der Waals surface area contributed by atoms with Crippen LogP contribution in [0.4, 0.5) is 0 Å². The van der Waals surface area contributed by atoms with Gasteiger partial charge in [0.2, 0.25) is 5.91 Å². The molecule has 0 aliphatic heterocycles. The maximum atomic E-state index is 11.9. The molecule has 0 saturated carbocycles. The number of rotatable bonds is 6. The second-order valence-electron chi connectivity index (χ2n) is 5.11. The van der Waals surface area contributed by atoms with Crippen molar-refractivity contribution in [1.29, 1.82) is 0 Å². The van der Waals surface area contributed by atoms with Crippen LogP contribution >= 0.6 is 0 Å². The standard InChI is InChI=1S/C18H21NO2/c1-14-7-9-17(10-8-14)21-12-11-19-18(20)13-16-6-4-3-5-15(16)2/h3-10H,11-13H2,1-2H3,(H,19,20). The fraction of sp³-hybridized carbons (Fsp3) is 0.278. The van der Waals surface area contributed by atoms with Crippen LogP contribution in [0.3, 0.4) is 0 Å². The molecule has 0 aliphatic rings. The average Bonchev–Trinajstić information content (AvgIpc) is 2.48. The number of aryl methyl sites for hydroxylation is 2. The molecule has 0 radical (unpaired) electrons. The highest BCUT2D eigenvalue weighted by Crippen LogP contribution is 2.11. The Hall–Kier alpha value is -2.29. The molecule has 3 heteroatoms. The number of amides is 1. The first-order chi connectivity index (χ1) is 10.1. The summed E-state index contributed by atoms with van der Waals surface area (Å²) in [6, 6.07) is 15.8. The van der Waals surface area contributed by atoms with Gasteiger partial charge in [-0.1, -0.05) is 42.0 Å². The minimum Gasteiger partial charge on any atom is -0.492 e. The molecule has 0 heterocycles. The van der Waals surface area contributed by atoms with Gasteiger partial charge < -0.3 is 10.1 Å². The van der Waals surface area contributed by atoms with E-state index in [0.29, 0.717) is 19.6 Å². The maximum Gasteiger partial charge on any atom is 0.224 e. The molecule has 3 nitrogen and oxygen atoms in total. The van der Waals surface area contributed by atoms with E-state index in [9.17, 15) is 4.79 Å². The topological polar surface area (TPSA) is 38.3 Å². The van der Waals surface area contributed by atoms with E-state index in [4.69, 9.17) is 4.74 Å². The molecule has 2 aromatic rings. The molecule has 1 amide bonds. The summed E-state index contributed by atoms with van der Waals surface area (Å²) in [7, 11) is 0. The van der Waals surface area contributed by atoms with Gasteiger partial charge in [-0.3, -0.25) is 4.79 Å². The third-order valence-corrected chi connectivity index (χ3v) is 3.33. The SMILES string of the molecule is Cc1ccc(OCCNC(=O)Cc2ccccc2C)cc1. The highest BCUT2D eigenvalue weighted by atomic mass is 16.5. The molecule has 0 fully saturated rings. The van der Waals surface area contributed by atoms with E-state index in [1.54, 1.807) is 0 Å². The Kier molecular flexibility index (Phi) is 5.38. The van der Waals surface area contributed by atoms with Crippen molar-refractivity contribution in [2.45, 2.75) is 20.3 Å². The lowest BCUT2D eigenvalue weighted by molar-refractivity contribution is -0.120. The summed E-state index contributed by atoms with van der Waals surface area (Å²) in [4.78, 5) is 11.9. The zero-order valence-electron chi connectivity index (χ0n) is 12.6. The summed E-state index contributed by atoms with van der Waals surface area (Å²) in [5, 5.41) is 2.88. The fourth-order valence-corrected chi connectivity index (χ4v) is 2.04. The van der Waals surface area contributed by atoms with Crippen molar-refractivity contribution in [3.63, 3.8) is 0 Å².